The van der Waals surface area contributed by atoms with Crippen LogP contribution in [0.25, 0.3) is 0 Å². The Balaban J connectivity index is 1.89. The predicted molar refractivity (Wildman–Crippen MR) is 83.1 cm³/mol. The van der Waals surface area contributed by atoms with Gasteiger partial charge in [0.25, 0.3) is 0 Å². The van der Waals surface area contributed by atoms with Gasteiger partial charge in [-0.15, -0.1) is 0 Å². The van der Waals surface area contributed by atoms with E-state index in [0.29, 0.717) is 0 Å². The molecular formula is C18H26FNO. The van der Waals surface area contributed by atoms with Gasteiger partial charge in [-0.3, -0.25) is 0 Å². The molecule has 0 saturated heterocycles. The van der Waals surface area contributed by atoms with Gasteiger partial charge in [0.05, 0.1) is 0 Å². The van der Waals surface area contributed by atoms with Crippen LogP contribution in [0, 0.1) is 5.82 Å². The normalized spacial score (nSPS) is 24.2. The van der Waals surface area contributed by atoms with E-state index in [1.807, 2.05) is 6.07 Å². The molecule has 0 bridgehead atoms. The second-order valence-corrected chi connectivity index (χ2v) is 6.59. The SMILES string of the molecule is CCCNC1CC2(CCCCCC2)Oc2ccc(F)cc21. The van der Waals surface area contributed by atoms with Gasteiger partial charge in [-0.05, 0) is 56.8 Å². The van der Waals surface area contributed by atoms with E-state index in [0.717, 1.165) is 43.5 Å². The molecule has 1 heterocycles. The largest absolute Gasteiger partial charge is 0.487 e. The van der Waals surface area contributed by atoms with Gasteiger partial charge in [-0.25, -0.2) is 4.39 Å². The quantitative estimate of drug-likeness (QED) is 0.868. The number of nitrogens with one attached hydrogen (secondary N) is 1. The van der Waals surface area contributed by atoms with Crippen LogP contribution in [0.1, 0.15) is 69.9 Å². The summed E-state index contributed by atoms with van der Waals surface area (Å²) < 4.78 is 20.0. The summed E-state index contributed by atoms with van der Waals surface area (Å²) in [5.74, 6) is 0.718. The summed E-state index contributed by atoms with van der Waals surface area (Å²) in [6.07, 6.45) is 9.46. The Kier molecular flexibility index (Phi) is 4.48. The highest BCUT2D eigenvalue weighted by molar-refractivity contribution is 5.39. The Hall–Kier alpha value is -1.09. The number of rotatable bonds is 3. The smallest absolute Gasteiger partial charge is 0.125 e. The van der Waals surface area contributed by atoms with Crippen LogP contribution in [0.15, 0.2) is 18.2 Å². The molecule has 1 aliphatic carbocycles. The summed E-state index contributed by atoms with van der Waals surface area (Å²) in [5.41, 5.74) is 0.963. The number of ether oxygens (including phenoxy) is 1. The van der Waals surface area contributed by atoms with Gasteiger partial charge in [0.15, 0.2) is 0 Å². The zero-order valence-electron chi connectivity index (χ0n) is 13.0. The molecule has 116 valence electrons. The topological polar surface area (TPSA) is 21.3 Å². The third kappa shape index (κ3) is 3.23. The van der Waals surface area contributed by atoms with Crippen molar-refractivity contribution in [2.75, 3.05) is 6.54 Å². The first-order chi connectivity index (χ1) is 10.2. The lowest BCUT2D eigenvalue weighted by molar-refractivity contribution is 0.0160. The number of hydrogen-bond acceptors (Lipinski definition) is 2. The van der Waals surface area contributed by atoms with Crippen molar-refractivity contribution in [2.24, 2.45) is 0 Å². The number of hydrogen-bond donors (Lipinski definition) is 1. The minimum Gasteiger partial charge on any atom is -0.487 e. The van der Waals surface area contributed by atoms with E-state index in [4.69, 9.17) is 4.74 Å². The highest BCUT2D eigenvalue weighted by Gasteiger charge is 2.40. The summed E-state index contributed by atoms with van der Waals surface area (Å²) in [5, 5.41) is 3.60. The molecule has 1 aromatic carbocycles. The van der Waals surface area contributed by atoms with Crippen LogP contribution in [0.3, 0.4) is 0 Å². The van der Waals surface area contributed by atoms with Crippen molar-refractivity contribution < 1.29 is 9.13 Å². The Morgan fingerprint density at radius 3 is 2.71 bits per heavy atom. The third-order valence-corrected chi connectivity index (χ3v) is 4.91. The van der Waals surface area contributed by atoms with Gasteiger partial charge in [-0.1, -0.05) is 19.8 Å². The van der Waals surface area contributed by atoms with Crippen LogP contribution in [0.5, 0.6) is 5.75 Å². The van der Waals surface area contributed by atoms with Crippen LogP contribution in [-0.2, 0) is 0 Å². The molecule has 1 aliphatic heterocycles. The Morgan fingerprint density at radius 2 is 2.00 bits per heavy atom. The first-order valence-corrected chi connectivity index (χ1v) is 8.44. The maximum Gasteiger partial charge on any atom is 0.125 e. The van der Waals surface area contributed by atoms with Crippen molar-refractivity contribution in [1.82, 2.24) is 5.32 Å². The summed E-state index contributed by atoms with van der Waals surface area (Å²) in [4.78, 5) is 0. The van der Waals surface area contributed by atoms with Crippen molar-refractivity contribution in [2.45, 2.75) is 69.9 Å². The first-order valence-electron chi connectivity index (χ1n) is 8.44. The van der Waals surface area contributed by atoms with Gasteiger partial charge in [0.2, 0.25) is 0 Å². The van der Waals surface area contributed by atoms with E-state index >= 15 is 0 Å². The molecule has 3 rings (SSSR count). The summed E-state index contributed by atoms with van der Waals surface area (Å²) in [6.45, 7) is 3.14. The van der Waals surface area contributed by atoms with Crippen molar-refractivity contribution in [3.63, 3.8) is 0 Å². The molecule has 2 aliphatic rings. The molecule has 0 radical (unpaired) electrons. The van der Waals surface area contributed by atoms with Gasteiger partial charge in [-0.2, -0.15) is 0 Å². The Labute approximate surface area is 127 Å². The lowest BCUT2D eigenvalue weighted by Crippen LogP contribution is -2.44. The number of benzene rings is 1. The summed E-state index contributed by atoms with van der Waals surface area (Å²) >= 11 is 0. The average Bonchev–Trinajstić information content (AvgIpc) is 2.71. The van der Waals surface area contributed by atoms with E-state index < -0.39 is 0 Å². The number of fused-ring (bicyclic) bond motifs is 1. The van der Waals surface area contributed by atoms with Crippen LogP contribution >= 0.6 is 0 Å². The summed E-state index contributed by atoms with van der Waals surface area (Å²) in [6, 6.07) is 5.21. The van der Waals surface area contributed by atoms with E-state index in [1.54, 1.807) is 6.07 Å². The molecule has 3 heteroatoms. The van der Waals surface area contributed by atoms with Crippen LogP contribution < -0.4 is 10.1 Å². The lowest BCUT2D eigenvalue weighted by Gasteiger charge is -2.42. The second kappa shape index (κ2) is 6.35. The van der Waals surface area contributed by atoms with Gasteiger partial charge >= 0.3 is 0 Å². The van der Waals surface area contributed by atoms with Crippen LogP contribution in [0.4, 0.5) is 4.39 Å². The highest BCUT2D eigenvalue weighted by Crippen LogP contribution is 2.45. The molecule has 1 spiro atoms. The average molecular weight is 291 g/mol. The fourth-order valence-corrected chi connectivity index (χ4v) is 3.82. The van der Waals surface area contributed by atoms with Crippen LogP contribution in [0.2, 0.25) is 0 Å². The molecule has 1 saturated carbocycles. The molecule has 21 heavy (non-hydrogen) atoms. The molecule has 1 unspecified atom stereocenters. The molecule has 0 amide bonds. The van der Waals surface area contributed by atoms with Gasteiger partial charge in [0.1, 0.15) is 17.2 Å². The van der Waals surface area contributed by atoms with Crippen molar-refractivity contribution in [3.05, 3.63) is 29.6 Å². The zero-order chi connectivity index (χ0) is 14.7. The maximum atomic E-state index is 13.6. The zero-order valence-corrected chi connectivity index (χ0v) is 13.0. The Bertz CT molecular complexity index is 480. The molecule has 1 atom stereocenters. The molecule has 1 fully saturated rings. The van der Waals surface area contributed by atoms with Crippen molar-refractivity contribution in [1.29, 1.82) is 0 Å². The molecule has 1 N–H and O–H groups in total. The van der Waals surface area contributed by atoms with E-state index in [1.165, 1.54) is 31.7 Å². The van der Waals surface area contributed by atoms with Crippen molar-refractivity contribution >= 4 is 0 Å². The van der Waals surface area contributed by atoms with E-state index in [2.05, 4.69) is 12.2 Å². The standard InChI is InChI=1S/C18H26FNO/c1-2-11-20-16-13-18(9-5-3-4-6-10-18)21-17-8-7-14(19)12-15(16)17/h7-8,12,16,20H,2-6,9-11,13H2,1H3. The summed E-state index contributed by atoms with van der Waals surface area (Å²) in [7, 11) is 0. The van der Waals surface area contributed by atoms with E-state index in [9.17, 15) is 4.39 Å². The van der Waals surface area contributed by atoms with Gasteiger partial charge in [0, 0.05) is 18.0 Å². The minimum atomic E-state index is -0.169. The predicted octanol–water partition coefficient (Wildman–Crippen LogP) is 4.74. The molecule has 1 aromatic rings. The van der Waals surface area contributed by atoms with Gasteiger partial charge < -0.3 is 10.1 Å². The van der Waals surface area contributed by atoms with Crippen molar-refractivity contribution in [3.8, 4) is 5.75 Å². The first kappa shape index (κ1) is 14.8. The van der Waals surface area contributed by atoms with E-state index in [-0.39, 0.29) is 17.5 Å². The lowest BCUT2D eigenvalue weighted by atomic mass is 9.82. The monoisotopic (exact) mass is 291 g/mol. The fourth-order valence-electron chi connectivity index (χ4n) is 3.82. The highest BCUT2D eigenvalue weighted by atomic mass is 19.1. The maximum absolute atomic E-state index is 13.6. The molecule has 2 nitrogen and oxygen atoms in total. The molecular weight excluding hydrogens is 265 g/mol. The molecule has 0 aromatic heterocycles. The number of halogens is 1. The third-order valence-electron chi connectivity index (χ3n) is 4.91. The minimum absolute atomic E-state index is 0.0350. The van der Waals surface area contributed by atoms with Crippen LogP contribution in [-0.4, -0.2) is 12.1 Å². The second-order valence-electron chi connectivity index (χ2n) is 6.59. The Morgan fingerprint density at radius 1 is 1.24 bits per heavy atom. The fraction of sp³-hybridized carbons (Fsp3) is 0.667.